The number of pyridine rings is 1. The van der Waals surface area contributed by atoms with Crippen molar-refractivity contribution in [2.24, 2.45) is 0 Å². The van der Waals surface area contributed by atoms with Crippen LogP contribution in [0.25, 0.3) is 11.4 Å². The first-order valence-electron chi connectivity index (χ1n) is 6.38. The van der Waals surface area contributed by atoms with Gasteiger partial charge in [0.05, 0.1) is 0 Å². The van der Waals surface area contributed by atoms with E-state index in [2.05, 4.69) is 20.3 Å². The van der Waals surface area contributed by atoms with Crippen molar-refractivity contribution in [3.63, 3.8) is 0 Å². The van der Waals surface area contributed by atoms with Gasteiger partial charge in [0.1, 0.15) is 11.9 Å². The zero-order valence-electron chi connectivity index (χ0n) is 11.4. The molecule has 6 nitrogen and oxygen atoms in total. The van der Waals surface area contributed by atoms with Gasteiger partial charge in [-0.1, -0.05) is 6.92 Å². The standard InChI is InChI=1S/C14H16N4O2/c1-3-11-8-12(16-9(2)14(19)20)18-13(17-11)10-4-6-15-7-5-10/h4-9H,3H2,1-2H3,(H,19,20)(H,16,17,18)/t9-/m1/s1. The Labute approximate surface area is 116 Å². The van der Waals surface area contributed by atoms with Crippen LogP contribution in [0, 0.1) is 0 Å². The zero-order valence-corrected chi connectivity index (χ0v) is 11.4. The maximum atomic E-state index is 10.9. The highest BCUT2D eigenvalue weighted by atomic mass is 16.4. The second kappa shape index (κ2) is 6.10. The number of hydrogen-bond donors (Lipinski definition) is 2. The van der Waals surface area contributed by atoms with E-state index in [0.717, 1.165) is 17.7 Å². The highest BCUT2D eigenvalue weighted by Gasteiger charge is 2.13. The molecule has 0 aliphatic rings. The van der Waals surface area contributed by atoms with Gasteiger partial charge in [-0.25, -0.2) is 9.97 Å². The van der Waals surface area contributed by atoms with Crippen LogP contribution in [0.4, 0.5) is 5.82 Å². The quantitative estimate of drug-likeness (QED) is 0.865. The Kier molecular flexibility index (Phi) is 4.24. The van der Waals surface area contributed by atoms with E-state index >= 15 is 0 Å². The molecule has 0 amide bonds. The molecule has 0 radical (unpaired) electrons. The number of aromatic nitrogens is 3. The molecule has 6 heteroatoms. The molecule has 104 valence electrons. The van der Waals surface area contributed by atoms with Crippen molar-refractivity contribution in [3.8, 4) is 11.4 Å². The van der Waals surface area contributed by atoms with Crippen LogP contribution in [0.3, 0.4) is 0 Å². The Balaban J connectivity index is 2.36. The Morgan fingerprint density at radius 3 is 2.65 bits per heavy atom. The smallest absolute Gasteiger partial charge is 0.325 e. The molecular weight excluding hydrogens is 256 g/mol. The van der Waals surface area contributed by atoms with E-state index < -0.39 is 12.0 Å². The SMILES string of the molecule is CCc1cc(N[C@H](C)C(=O)O)nc(-c2ccncc2)n1. The summed E-state index contributed by atoms with van der Waals surface area (Å²) in [5, 5.41) is 11.8. The maximum absolute atomic E-state index is 10.9. The minimum absolute atomic E-state index is 0.513. The van der Waals surface area contributed by atoms with Crippen LogP contribution in [0.2, 0.25) is 0 Å². The van der Waals surface area contributed by atoms with E-state index in [0.29, 0.717) is 11.6 Å². The summed E-state index contributed by atoms with van der Waals surface area (Å²) in [7, 11) is 0. The molecule has 2 heterocycles. The van der Waals surface area contributed by atoms with Crippen LogP contribution in [0.5, 0.6) is 0 Å². The Bertz CT molecular complexity index is 601. The average Bonchev–Trinajstić information content (AvgIpc) is 2.47. The summed E-state index contributed by atoms with van der Waals surface area (Å²) in [5.41, 5.74) is 1.70. The molecule has 0 saturated carbocycles. The molecule has 1 atom stereocenters. The molecule has 0 fully saturated rings. The van der Waals surface area contributed by atoms with Crippen LogP contribution in [-0.4, -0.2) is 32.1 Å². The van der Waals surface area contributed by atoms with Gasteiger partial charge in [-0.2, -0.15) is 0 Å². The van der Waals surface area contributed by atoms with Gasteiger partial charge >= 0.3 is 5.97 Å². The molecule has 2 aromatic heterocycles. The van der Waals surface area contributed by atoms with Crippen LogP contribution < -0.4 is 5.32 Å². The summed E-state index contributed by atoms with van der Waals surface area (Å²) in [4.78, 5) is 23.7. The number of hydrogen-bond acceptors (Lipinski definition) is 5. The molecule has 20 heavy (non-hydrogen) atoms. The van der Waals surface area contributed by atoms with E-state index in [4.69, 9.17) is 5.11 Å². The van der Waals surface area contributed by atoms with Crippen molar-refractivity contribution in [3.05, 3.63) is 36.3 Å². The molecule has 0 aliphatic heterocycles. The van der Waals surface area contributed by atoms with Crippen LogP contribution in [0.15, 0.2) is 30.6 Å². The van der Waals surface area contributed by atoms with Gasteiger partial charge in [-0.3, -0.25) is 9.78 Å². The summed E-state index contributed by atoms with van der Waals surface area (Å²) in [6.07, 6.45) is 4.09. The van der Waals surface area contributed by atoms with E-state index in [9.17, 15) is 4.79 Å². The third-order valence-corrected chi connectivity index (χ3v) is 2.81. The molecule has 0 unspecified atom stereocenters. The zero-order chi connectivity index (χ0) is 14.5. The number of nitrogens with zero attached hydrogens (tertiary/aromatic N) is 3. The minimum atomic E-state index is -0.924. The highest BCUT2D eigenvalue weighted by molar-refractivity contribution is 5.76. The monoisotopic (exact) mass is 272 g/mol. The molecule has 0 bridgehead atoms. The summed E-state index contributed by atoms with van der Waals surface area (Å²) >= 11 is 0. The van der Waals surface area contributed by atoms with Gasteiger partial charge in [0, 0.05) is 29.7 Å². The van der Waals surface area contributed by atoms with Gasteiger partial charge < -0.3 is 10.4 Å². The average molecular weight is 272 g/mol. The predicted octanol–water partition coefficient (Wildman–Crippen LogP) is 1.99. The lowest BCUT2D eigenvalue weighted by atomic mass is 10.2. The van der Waals surface area contributed by atoms with E-state index in [1.165, 1.54) is 0 Å². The number of carbonyl (C=O) groups is 1. The van der Waals surface area contributed by atoms with Crippen molar-refractivity contribution >= 4 is 11.8 Å². The first kappa shape index (κ1) is 13.9. The van der Waals surface area contributed by atoms with Crippen LogP contribution >= 0.6 is 0 Å². The third-order valence-electron chi connectivity index (χ3n) is 2.81. The lowest BCUT2D eigenvalue weighted by Gasteiger charge is -2.12. The topological polar surface area (TPSA) is 88.0 Å². The molecule has 0 spiro atoms. The summed E-state index contributed by atoms with van der Waals surface area (Å²) in [6.45, 7) is 3.56. The molecule has 2 rings (SSSR count). The predicted molar refractivity (Wildman–Crippen MR) is 75.4 cm³/mol. The van der Waals surface area contributed by atoms with E-state index in [1.54, 1.807) is 25.4 Å². The largest absolute Gasteiger partial charge is 0.480 e. The number of anilines is 1. The number of aliphatic carboxylic acids is 1. The van der Waals surface area contributed by atoms with Gasteiger partial charge in [0.2, 0.25) is 0 Å². The normalized spacial score (nSPS) is 11.9. The number of nitrogens with one attached hydrogen (secondary N) is 1. The lowest BCUT2D eigenvalue weighted by Crippen LogP contribution is -2.26. The molecule has 0 saturated heterocycles. The Morgan fingerprint density at radius 2 is 2.05 bits per heavy atom. The third kappa shape index (κ3) is 3.28. The first-order chi connectivity index (χ1) is 9.60. The first-order valence-corrected chi connectivity index (χ1v) is 6.38. The van der Waals surface area contributed by atoms with Crippen molar-refractivity contribution < 1.29 is 9.90 Å². The summed E-state index contributed by atoms with van der Waals surface area (Å²) in [5.74, 6) is 0.150. The van der Waals surface area contributed by atoms with Gasteiger partial charge in [0.15, 0.2) is 5.82 Å². The molecular formula is C14H16N4O2. The summed E-state index contributed by atoms with van der Waals surface area (Å²) in [6, 6.07) is 4.70. The number of aryl methyl sites for hydroxylation is 1. The van der Waals surface area contributed by atoms with Gasteiger partial charge in [0.25, 0.3) is 0 Å². The molecule has 2 aromatic rings. The van der Waals surface area contributed by atoms with Crippen molar-refractivity contribution in [1.82, 2.24) is 15.0 Å². The fourth-order valence-corrected chi connectivity index (χ4v) is 1.67. The van der Waals surface area contributed by atoms with E-state index in [1.807, 2.05) is 19.1 Å². The Hall–Kier alpha value is -2.50. The molecule has 0 aliphatic carbocycles. The van der Waals surface area contributed by atoms with Crippen molar-refractivity contribution in [2.75, 3.05) is 5.32 Å². The lowest BCUT2D eigenvalue weighted by molar-refractivity contribution is -0.137. The fraction of sp³-hybridized carbons (Fsp3) is 0.286. The van der Waals surface area contributed by atoms with Crippen molar-refractivity contribution in [2.45, 2.75) is 26.3 Å². The van der Waals surface area contributed by atoms with Crippen molar-refractivity contribution in [1.29, 1.82) is 0 Å². The second-order valence-corrected chi connectivity index (χ2v) is 4.36. The molecule has 0 aromatic carbocycles. The number of carboxylic acids is 1. The number of carboxylic acid groups (broad SMARTS) is 1. The van der Waals surface area contributed by atoms with Crippen LogP contribution in [-0.2, 0) is 11.2 Å². The van der Waals surface area contributed by atoms with Crippen LogP contribution in [0.1, 0.15) is 19.5 Å². The second-order valence-electron chi connectivity index (χ2n) is 4.36. The highest BCUT2D eigenvalue weighted by Crippen LogP contribution is 2.18. The van der Waals surface area contributed by atoms with Gasteiger partial charge in [-0.15, -0.1) is 0 Å². The number of rotatable bonds is 5. The maximum Gasteiger partial charge on any atom is 0.325 e. The minimum Gasteiger partial charge on any atom is -0.480 e. The van der Waals surface area contributed by atoms with E-state index in [-0.39, 0.29) is 0 Å². The Morgan fingerprint density at radius 1 is 1.35 bits per heavy atom. The summed E-state index contributed by atoms with van der Waals surface area (Å²) < 4.78 is 0. The molecule has 2 N–H and O–H groups in total. The fourth-order valence-electron chi connectivity index (χ4n) is 1.67. The van der Waals surface area contributed by atoms with Gasteiger partial charge in [-0.05, 0) is 25.5 Å².